The van der Waals surface area contributed by atoms with E-state index in [4.69, 9.17) is 4.74 Å². The number of para-hydroxylation sites is 1. The second kappa shape index (κ2) is 7.46. The first-order valence-corrected chi connectivity index (χ1v) is 7.75. The van der Waals surface area contributed by atoms with Crippen LogP contribution < -0.4 is 4.74 Å². The Bertz CT molecular complexity index is 467. The molecule has 0 radical (unpaired) electrons. The molecule has 1 amide bonds. The smallest absolute Gasteiger partial charge is 0.219 e. The van der Waals surface area contributed by atoms with Crippen LogP contribution in [0.5, 0.6) is 5.75 Å². The third-order valence-electron chi connectivity index (χ3n) is 4.10. The lowest BCUT2D eigenvalue weighted by atomic mass is 10.1. The highest BCUT2D eigenvalue weighted by atomic mass is 16.5. The van der Waals surface area contributed by atoms with E-state index in [9.17, 15) is 4.79 Å². The zero-order valence-corrected chi connectivity index (χ0v) is 13.4. The molecule has 0 saturated carbocycles. The highest BCUT2D eigenvalue weighted by molar-refractivity contribution is 5.73. The molecule has 4 heteroatoms. The van der Waals surface area contributed by atoms with Crippen LogP contribution in [-0.2, 0) is 4.79 Å². The van der Waals surface area contributed by atoms with Gasteiger partial charge in [0.1, 0.15) is 12.4 Å². The van der Waals surface area contributed by atoms with Gasteiger partial charge in [0.2, 0.25) is 5.91 Å². The predicted molar refractivity (Wildman–Crippen MR) is 84.7 cm³/mol. The first kappa shape index (κ1) is 15.8. The van der Waals surface area contributed by atoms with Gasteiger partial charge in [0.25, 0.3) is 0 Å². The normalized spacial score (nSPS) is 16.6. The monoisotopic (exact) mass is 290 g/mol. The number of hydrogen-bond acceptors (Lipinski definition) is 3. The van der Waals surface area contributed by atoms with Gasteiger partial charge in [0.05, 0.1) is 0 Å². The zero-order chi connectivity index (χ0) is 15.2. The van der Waals surface area contributed by atoms with Crippen LogP contribution >= 0.6 is 0 Å². The quantitative estimate of drug-likeness (QED) is 0.852. The number of nitrogens with zero attached hydrogens (tertiary/aromatic N) is 2. The average molecular weight is 290 g/mol. The molecular weight excluding hydrogens is 264 g/mol. The topological polar surface area (TPSA) is 32.8 Å². The minimum absolute atomic E-state index is 0.184. The Hall–Kier alpha value is -1.55. The molecule has 1 aromatic rings. The minimum atomic E-state index is 0.184. The summed E-state index contributed by atoms with van der Waals surface area (Å²) in [4.78, 5) is 15.7. The molecule has 21 heavy (non-hydrogen) atoms. The maximum absolute atomic E-state index is 11.4. The van der Waals surface area contributed by atoms with Crippen LogP contribution in [-0.4, -0.2) is 55.0 Å². The molecule has 1 fully saturated rings. The van der Waals surface area contributed by atoms with E-state index in [2.05, 4.69) is 36.9 Å². The van der Waals surface area contributed by atoms with Crippen LogP contribution in [0.2, 0.25) is 0 Å². The molecule has 0 bridgehead atoms. The Kier molecular flexibility index (Phi) is 5.62. The fourth-order valence-corrected chi connectivity index (χ4v) is 2.81. The number of amides is 1. The van der Waals surface area contributed by atoms with Crippen molar-refractivity contribution in [2.75, 3.05) is 39.3 Å². The largest absolute Gasteiger partial charge is 0.492 e. The Morgan fingerprint density at radius 2 is 1.86 bits per heavy atom. The van der Waals surface area contributed by atoms with E-state index in [-0.39, 0.29) is 5.91 Å². The number of carbonyl (C=O) groups excluding carboxylic acids is 1. The van der Waals surface area contributed by atoms with Crippen molar-refractivity contribution in [2.45, 2.75) is 27.2 Å². The number of carbonyl (C=O) groups is 1. The Morgan fingerprint density at radius 3 is 2.52 bits per heavy atom. The first-order valence-electron chi connectivity index (χ1n) is 7.75. The summed E-state index contributed by atoms with van der Waals surface area (Å²) in [6, 6.07) is 6.22. The van der Waals surface area contributed by atoms with Crippen molar-refractivity contribution in [2.24, 2.45) is 0 Å². The van der Waals surface area contributed by atoms with E-state index < -0.39 is 0 Å². The van der Waals surface area contributed by atoms with Crippen molar-refractivity contribution in [3.8, 4) is 5.75 Å². The molecule has 1 saturated heterocycles. The van der Waals surface area contributed by atoms with E-state index in [1.807, 2.05) is 4.90 Å². The van der Waals surface area contributed by atoms with Gasteiger partial charge in [-0.25, -0.2) is 0 Å². The molecule has 0 aromatic heterocycles. The van der Waals surface area contributed by atoms with Gasteiger partial charge >= 0.3 is 0 Å². The molecule has 116 valence electrons. The molecule has 0 unspecified atom stereocenters. The molecule has 2 rings (SSSR count). The van der Waals surface area contributed by atoms with Gasteiger partial charge in [-0.05, 0) is 31.4 Å². The summed E-state index contributed by atoms with van der Waals surface area (Å²) < 4.78 is 5.96. The molecule has 0 spiro atoms. The zero-order valence-electron chi connectivity index (χ0n) is 13.4. The van der Waals surface area contributed by atoms with E-state index in [1.54, 1.807) is 6.92 Å². The lowest BCUT2D eigenvalue weighted by molar-refractivity contribution is -0.128. The summed E-state index contributed by atoms with van der Waals surface area (Å²) in [7, 11) is 0. The van der Waals surface area contributed by atoms with Crippen molar-refractivity contribution in [3.63, 3.8) is 0 Å². The summed E-state index contributed by atoms with van der Waals surface area (Å²) in [5.41, 5.74) is 2.38. The van der Waals surface area contributed by atoms with Crippen LogP contribution in [0.3, 0.4) is 0 Å². The summed E-state index contributed by atoms with van der Waals surface area (Å²) in [5, 5.41) is 0. The van der Waals surface area contributed by atoms with Crippen LogP contribution in [0.1, 0.15) is 24.5 Å². The Labute approximate surface area is 127 Å². The van der Waals surface area contributed by atoms with Crippen molar-refractivity contribution < 1.29 is 9.53 Å². The lowest BCUT2D eigenvalue weighted by Crippen LogP contribution is -2.35. The number of aryl methyl sites for hydroxylation is 2. The van der Waals surface area contributed by atoms with E-state index in [1.165, 1.54) is 11.1 Å². The number of hydrogen-bond donors (Lipinski definition) is 0. The molecule has 1 aliphatic rings. The van der Waals surface area contributed by atoms with Crippen LogP contribution in [0.25, 0.3) is 0 Å². The van der Waals surface area contributed by atoms with Gasteiger partial charge in [0.15, 0.2) is 0 Å². The van der Waals surface area contributed by atoms with Gasteiger partial charge in [0, 0.05) is 39.6 Å². The maximum Gasteiger partial charge on any atom is 0.219 e. The van der Waals surface area contributed by atoms with Crippen LogP contribution in [0.4, 0.5) is 0 Å². The lowest BCUT2D eigenvalue weighted by Gasteiger charge is -2.21. The fraction of sp³-hybridized carbons (Fsp3) is 0.588. The average Bonchev–Trinajstić information content (AvgIpc) is 2.68. The number of benzene rings is 1. The molecular formula is C17H26N2O2. The van der Waals surface area contributed by atoms with Gasteiger partial charge in [-0.1, -0.05) is 18.2 Å². The van der Waals surface area contributed by atoms with Gasteiger partial charge in [-0.15, -0.1) is 0 Å². The summed E-state index contributed by atoms with van der Waals surface area (Å²) in [6.07, 6.45) is 1.04. The molecule has 0 N–H and O–H groups in total. The van der Waals surface area contributed by atoms with Gasteiger partial charge in [-0.2, -0.15) is 0 Å². The standard InChI is InChI=1S/C17H26N2O2/c1-14-6-4-7-15(2)17(14)21-13-12-18-8-5-9-19(11-10-18)16(3)20/h4,6-7H,5,8-13H2,1-3H3. The second-order valence-corrected chi connectivity index (χ2v) is 5.77. The van der Waals surface area contributed by atoms with Crippen molar-refractivity contribution in [1.82, 2.24) is 9.80 Å². The van der Waals surface area contributed by atoms with Gasteiger partial charge in [-0.3, -0.25) is 9.69 Å². The summed E-state index contributed by atoms with van der Waals surface area (Å²) in [5.74, 6) is 1.20. The van der Waals surface area contributed by atoms with Crippen molar-refractivity contribution in [1.29, 1.82) is 0 Å². The third kappa shape index (κ3) is 4.46. The van der Waals surface area contributed by atoms with E-state index in [0.717, 1.165) is 44.9 Å². The Morgan fingerprint density at radius 1 is 1.14 bits per heavy atom. The first-order chi connectivity index (χ1) is 10.1. The Balaban J connectivity index is 1.80. The van der Waals surface area contributed by atoms with Crippen LogP contribution in [0, 0.1) is 13.8 Å². The highest BCUT2D eigenvalue weighted by Crippen LogP contribution is 2.22. The number of ether oxygens (including phenoxy) is 1. The molecule has 1 heterocycles. The molecule has 0 aliphatic carbocycles. The summed E-state index contributed by atoms with van der Waals surface area (Å²) in [6.45, 7) is 11.1. The third-order valence-corrected chi connectivity index (χ3v) is 4.10. The fourth-order valence-electron chi connectivity index (χ4n) is 2.81. The van der Waals surface area contributed by atoms with E-state index >= 15 is 0 Å². The van der Waals surface area contributed by atoms with E-state index in [0.29, 0.717) is 6.61 Å². The molecule has 1 aliphatic heterocycles. The predicted octanol–water partition coefficient (Wildman–Crippen LogP) is 2.24. The SMILES string of the molecule is CC(=O)N1CCCN(CCOc2c(C)cccc2C)CC1. The second-order valence-electron chi connectivity index (χ2n) is 5.77. The molecule has 1 aromatic carbocycles. The number of rotatable bonds is 4. The molecule has 0 atom stereocenters. The minimum Gasteiger partial charge on any atom is -0.492 e. The molecule has 4 nitrogen and oxygen atoms in total. The maximum atomic E-state index is 11.4. The highest BCUT2D eigenvalue weighted by Gasteiger charge is 2.16. The summed E-state index contributed by atoms with van der Waals surface area (Å²) >= 11 is 0. The van der Waals surface area contributed by atoms with Crippen molar-refractivity contribution in [3.05, 3.63) is 29.3 Å². The van der Waals surface area contributed by atoms with Crippen molar-refractivity contribution >= 4 is 5.91 Å². The van der Waals surface area contributed by atoms with Crippen LogP contribution in [0.15, 0.2) is 18.2 Å². The van der Waals surface area contributed by atoms with Gasteiger partial charge < -0.3 is 9.64 Å².